The van der Waals surface area contributed by atoms with E-state index in [9.17, 15) is 18.0 Å². The van der Waals surface area contributed by atoms with Gasteiger partial charge in [-0.25, -0.2) is 0 Å². The first-order chi connectivity index (χ1) is 9.94. The molecule has 2 heterocycles. The molecule has 1 aromatic rings. The van der Waals surface area contributed by atoms with Crippen molar-refractivity contribution in [1.29, 1.82) is 0 Å². The number of benzene rings is 1. The highest BCUT2D eigenvalue weighted by atomic mass is 19.4. The highest BCUT2D eigenvalue weighted by Crippen LogP contribution is 2.44. The number of para-hydroxylation sites is 1. The van der Waals surface area contributed by atoms with E-state index in [1.807, 2.05) is 0 Å². The van der Waals surface area contributed by atoms with Crippen LogP contribution in [0.25, 0.3) is 0 Å². The third kappa shape index (κ3) is 2.25. The summed E-state index contributed by atoms with van der Waals surface area (Å²) in [6.07, 6.45) is -4.81. The predicted octanol–water partition coefficient (Wildman–Crippen LogP) is 1.78. The highest BCUT2D eigenvalue weighted by molar-refractivity contribution is 5.85. The molecule has 2 aliphatic rings. The first-order valence-electron chi connectivity index (χ1n) is 6.74. The normalized spacial score (nSPS) is 28.0. The van der Waals surface area contributed by atoms with Crippen LogP contribution in [0.5, 0.6) is 5.75 Å². The summed E-state index contributed by atoms with van der Waals surface area (Å²) in [4.78, 5) is 12.3. The fourth-order valence-corrected chi connectivity index (χ4v) is 2.83. The molecule has 2 aliphatic heterocycles. The fourth-order valence-electron chi connectivity index (χ4n) is 2.83. The molecule has 21 heavy (non-hydrogen) atoms. The minimum atomic E-state index is -4.57. The second-order valence-electron chi connectivity index (χ2n) is 5.38. The van der Waals surface area contributed by atoms with Crippen molar-refractivity contribution in [2.75, 3.05) is 19.7 Å². The van der Waals surface area contributed by atoms with Crippen molar-refractivity contribution in [3.63, 3.8) is 0 Å². The van der Waals surface area contributed by atoms with E-state index in [1.54, 1.807) is 24.3 Å². The maximum Gasteiger partial charge on any atom is 0.404 e. The molecule has 114 valence electrons. The highest BCUT2D eigenvalue weighted by Gasteiger charge is 2.61. The topological polar surface area (TPSA) is 50.4 Å². The van der Waals surface area contributed by atoms with E-state index in [1.165, 1.54) is 0 Å². The maximum absolute atomic E-state index is 13.3. The Morgan fingerprint density at radius 1 is 1.38 bits per heavy atom. The Morgan fingerprint density at radius 2 is 2.14 bits per heavy atom. The minimum absolute atomic E-state index is 0.159. The van der Waals surface area contributed by atoms with Crippen molar-refractivity contribution >= 4 is 5.91 Å². The fraction of sp³-hybridized carbons (Fsp3) is 0.500. The number of hydrogen-bond donors (Lipinski definition) is 2. The second kappa shape index (κ2) is 4.91. The number of nitrogens with one attached hydrogen (secondary N) is 2. The van der Waals surface area contributed by atoms with Gasteiger partial charge in [0.1, 0.15) is 12.4 Å². The molecular weight excluding hydrogens is 285 g/mol. The van der Waals surface area contributed by atoms with Crippen LogP contribution in [0.4, 0.5) is 13.2 Å². The summed E-state index contributed by atoms with van der Waals surface area (Å²) in [6, 6.07) is 6.50. The Kier molecular flexibility index (Phi) is 3.32. The molecule has 2 N–H and O–H groups in total. The zero-order valence-corrected chi connectivity index (χ0v) is 11.2. The van der Waals surface area contributed by atoms with Gasteiger partial charge in [0.25, 0.3) is 0 Å². The summed E-state index contributed by atoms with van der Waals surface area (Å²) in [5, 5.41) is 5.13. The van der Waals surface area contributed by atoms with Gasteiger partial charge in [-0.3, -0.25) is 4.79 Å². The summed E-state index contributed by atoms with van der Waals surface area (Å²) in [5.41, 5.74) is -1.63. The molecule has 1 aromatic carbocycles. The number of halogens is 3. The van der Waals surface area contributed by atoms with Gasteiger partial charge in [-0.1, -0.05) is 18.2 Å². The average Bonchev–Trinajstić information content (AvgIpc) is 3.06. The Bertz CT molecular complexity index is 553. The average molecular weight is 300 g/mol. The van der Waals surface area contributed by atoms with Gasteiger partial charge in [-0.2, -0.15) is 13.2 Å². The Hall–Kier alpha value is -1.76. The van der Waals surface area contributed by atoms with Crippen LogP contribution in [0.15, 0.2) is 24.3 Å². The molecule has 2 atom stereocenters. The molecule has 3 rings (SSSR count). The monoisotopic (exact) mass is 300 g/mol. The lowest BCUT2D eigenvalue weighted by Crippen LogP contribution is -2.53. The van der Waals surface area contributed by atoms with Crippen molar-refractivity contribution in [3.05, 3.63) is 29.8 Å². The smallest absolute Gasteiger partial charge is 0.404 e. The lowest BCUT2D eigenvalue weighted by molar-refractivity contribution is -0.216. The molecule has 0 radical (unpaired) electrons. The van der Waals surface area contributed by atoms with Crippen LogP contribution in [0.1, 0.15) is 18.0 Å². The van der Waals surface area contributed by atoms with Gasteiger partial charge >= 0.3 is 6.18 Å². The number of carbonyl (C=O) groups excluding carboxylic acids is 1. The van der Waals surface area contributed by atoms with Gasteiger partial charge in [0.15, 0.2) is 5.41 Å². The standard InChI is InChI=1S/C14H15F3N2O2/c15-14(16,17)13(5-6-18-8-13)12(20)19-10-7-21-11-4-2-1-3-9(10)11/h1-4,10,18H,5-8H2,(H,19,20). The summed E-state index contributed by atoms with van der Waals surface area (Å²) < 4.78 is 45.3. The third-order valence-electron chi connectivity index (χ3n) is 4.14. The van der Waals surface area contributed by atoms with Crippen molar-refractivity contribution in [1.82, 2.24) is 10.6 Å². The number of rotatable bonds is 2. The van der Waals surface area contributed by atoms with E-state index < -0.39 is 23.5 Å². The molecule has 0 aromatic heterocycles. The number of ether oxygens (including phenoxy) is 1. The molecule has 1 amide bonds. The molecule has 0 saturated carbocycles. The van der Waals surface area contributed by atoms with E-state index in [-0.39, 0.29) is 26.1 Å². The first kappa shape index (κ1) is 14.2. The zero-order chi connectivity index (χ0) is 15.1. The SMILES string of the molecule is O=C(NC1COc2ccccc21)C1(C(F)(F)F)CCNC1. The molecule has 4 nitrogen and oxygen atoms in total. The molecule has 0 spiro atoms. The number of fused-ring (bicyclic) bond motifs is 1. The molecular formula is C14H15F3N2O2. The predicted molar refractivity (Wildman–Crippen MR) is 68.8 cm³/mol. The van der Waals surface area contributed by atoms with Crippen LogP contribution in [0.2, 0.25) is 0 Å². The van der Waals surface area contributed by atoms with E-state index >= 15 is 0 Å². The van der Waals surface area contributed by atoms with Gasteiger partial charge in [0, 0.05) is 12.1 Å². The zero-order valence-electron chi connectivity index (χ0n) is 11.2. The molecule has 0 bridgehead atoms. The Balaban J connectivity index is 1.81. The quantitative estimate of drug-likeness (QED) is 0.875. The Labute approximate surface area is 119 Å². The third-order valence-corrected chi connectivity index (χ3v) is 4.14. The van der Waals surface area contributed by atoms with Gasteiger partial charge in [-0.15, -0.1) is 0 Å². The van der Waals surface area contributed by atoms with Gasteiger partial charge in [0.2, 0.25) is 5.91 Å². The first-order valence-corrected chi connectivity index (χ1v) is 6.74. The van der Waals surface area contributed by atoms with E-state index in [4.69, 9.17) is 4.74 Å². The number of alkyl halides is 3. The van der Waals surface area contributed by atoms with E-state index in [2.05, 4.69) is 10.6 Å². The lowest BCUT2D eigenvalue weighted by atomic mass is 9.84. The molecule has 1 saturated heterocycles. The van der Waals surface area contributed by atoms with Gasteiger partial charge < -0.3 is 15.4 Å². The lowest BCUT2D eigenvalue weighted by Gasteiger charge is -2.30. The van der Waals surface area contributed by atoms with Crippen LogP contribution in [-0.2, 0) is 4.79 Å². The van der Waals surface area contributed by atoms with Gasteiger partial charge in [0.05, 0.1) is 6.04 Å². The van der Waals surface area contributed by atoms with Crippen LogP contribution < -0.4 is 15.4 Å². The van der Waals surface area contributed by atoms with Crippen LogP contribution >= 0.6 is 0 Å². The molecule has 2 unspecified atom stereocenters. The van der Waals surface area contributed by atoms with Crippen LogP contribution in [0, 0.1) is 5.41 Å². The number of hydrogen-bond acceptors (Lipinski definition) is 3. The largest absolute Gasteiger partial charge is 0.491 e. The maximum atomic E-state index is 13.3. The number of carbonyl (C=O) groups is 1. The van der Waals surface area contributed by atoms with Crippen LogP contribution in [-0.4, -0.2) is 31.8 Å². The second-order valence-corrected chi connectivity index (χ2v) is 5.38. The number of amides is 1. The van der Waals surface area contributed by atoms with Crippen molar-refractivity contribution in [2.45, 2.75) is 18.6 Å². The summed E-state index contributed by atoms with van der Waals surface area (Å²) >= 11 is 0. The summed E-state index contributed by atoms with van der Waals surface area (Å²) in [7, 11) is 0. The van der Waals surface area contributed by atoms with Gasteiger partial charge in [-0.05, 0) is 19.0 Å². The summed E-state index contributed by atoms with van der Waals surface area (Å²) in [5.74, 6) is -0.376. The molecule has 0 aliphatic carbocycles. The van der Waals surface area contributed by atoms with Crippen molar-refractivity contribution in [2.24, 2.45) is 5.41 Å². The summed E-state index contributed by atoms with van der Waals surface area (Å²) in [6.45, 7) is -0.0330. The van der Waals surface area contributed by atoms with Crippen molar-refractivity contribution < 1.29 is 22.7 Å². The van der Waals surface area contributed by atoms with Crippen molar-refractivity contribution in [3.8, 4) is 5.75 Å². The Morgan fingerprint density at radius 3 is 2.81 bits per heavy atom. The molecule has 1 fully saturated rings. The van der Waals surface area contributed by atoms with E-state index in [0.717, 1.165) is 0 Å². The molecule has 7 heteroatoms. The van der Waals surface area contributed by atoms with Crippen LogP contribution in [0.3, 0.4) is 0 Å². The minimum Gasteiger partial charge on any atom is -0.491 e. The van der Waals surface area contributed by atoms with E-state index in [0.29, 0.717) is 11.3 Å².